The fraction of sp³-hybridized carbons (Fsp3) is 0.562. The Kier molecular flexibility index (Phi) is 4.76. The fourth-order valence-electron chi connectivity index (χ4n) is 3.09. The van der Waals surface area contributed by atoms with Gasteiger partial charge in [-0.3, -0.25) is 14.6 Å². The van der Waals surface area contributed by atoms with Crippen molar-refractivity contribution in [3.05, 3.63) is 35.9 Å². The lowest BCUT2D eigenvalue weighted by Gasteiger charge is -2.37. The van der Waals surface area contributed by atoms with Crippen molar-refractivity contribution in [2.75, 3.05) is 0 Å². The fourth-order valence-corrected chi connectivity index (χ4v) is 3.09. The second-order valence-corrected chi connectivity index (χ2v) is 6.34. The van der Waals surface area contributed by atoms with E-state index in [0.29, 0.717) is 6.42 Å². The molecule has 0 aliphatic heterocycles. The van der Waals surface area contributed by atoms with Crippen molar-refractivity contribution in [1.29, 1.82) is 0 Å². The Bertz CT molecular complexity index is 631. The van der Waals surface area contributed by atoms with Crippen LogP contribution in [-0.2, 0) is 18.3 Å². The van der Waals surface area contributed by atoms with E-state index in [0.717, 1.165) is 36.8 Å². The summed E-state index contributed by atoms with van der Waals surface area (Å²) in [6.07, 6.45) is 10.7. The Morgan fingerprint density at radius 3 is 2.96 bits per heavy atom. The standard InChI is InChI=1S/C16H23N5O2/c1-21-10-13(9-19-21)16(12-5-14(22)6-12)20-15(23)4-2-3-11-7-17-18-8-11/h7-10,12,14,16,22H,2-6H2,1H3,(H,17,18)(H,20,23)/t12?,14?,16-/m1/s1. The van der Waals surface area contributed by atoms with Gasteiger partial charge in [0.05, 0.1) is 24.5 Å². The molecule has 0 saturated heterocycles. The van der Waals surface area contributed by atoms with Crippen LogP contribution in [0, 0.1) is 5.92 Å². The molecule has 1 fully saturated rings. The van der Waals surface area contributed by atoms with Crippen molar-refractivity contribution < 1.29 is 9.90 Å². The lowest BCUT2D eigenvalue weighted by Crippen LogP contribution is -2.41. The van der Waals surface area contributed by atoms with Crippen LogP contribution in [0.4, 0.5) is 0 Å². The van der Waals surface area contributed by atoms with Crippen molar-refractivity contribution >= 4 is 5.91 Å². The number of aromatic nitrogens is 4. The molecule has 1 aliphatic carbocycles. The first-order valence-corrected chi connectivity index (χ1v) is 8.05. The van der Waals surface area contributed by atoms with Gasteiger partial charge in [0.25, 0.3) is 0 Å². The van der Waals surface area contributed by atoms with E-state index < -0.39 is 0 Å². The van der Waals surface area contributed by atoms with Crippen molar-refractivity contribution in [3.8, 4) is 0 Å². The van der Waals surface area contributed by atoms with Crippen LogP contribution in [0.1, 0.15) is 42.9 Å². The minimum atomic E-state index is -0.239. The molecule has 2 heterocycles. The van der Waals surface area contributed by atoms with E-state index in [4.69, 9.17) is 0 Å². The average Bonchev–Trinajstić information content (AvgIpc) is 3.13. The Morgan fingerprint density at radius 1 is 1.52 bits per heavy atom. The summed E-state index contributed by atoms with van der Waals surface area (Å²) in [5.41, 5.74) is 2.12. The van der Waals surface area contributed by atoms with Crippen molar-refractivity contribution in [3.63, 3.8) is 0 Å². The molecule has 1 atom stereocenters. The number of aromatic amines is 1. The molecule has 0 bridgehead atoms. The Labute approximate surface area is 135 Å². The van der Waals surface area contributed by atoms with Gasteiger partial charge in [-0.2, -0.15) is 10.2 Å². The molecule has 2 aromatic heterocycles. The van der Waals surface area contributed by atoms with Gasteiger partial charge < -0.3 is 10.4 Å². The number of hydrogen-bond acceptors (Lipinski definition) is 4. The van der Waals surface area contributed by atoms with E-state index in [1.165, 1.54) is 0 Å². The first-order valence-electron chi connectivity index (χ1n) is 8.05. The monoisotopic (exact) mass is 317 g/mol. The molecule has 23 heavy (non-hydrogen) atoms. The summed E-state index contributed by atoms with van der Waals surface area (Å²) < 4.78 is 1.74. The SMILES string of the molecule is Cn1cc([C@H](NC(=O)CCCc2cn[nH]c2)C2CC(O)C2)cn1. The molecular weight excluding hydrogens is 294 g/mol. The number of carbonyl (C=O) groups is 1. The van der Waals surface area contributed by atoms with E-state index in [2.05, 4.69) is 20.6 Å². The zero-order chi connectivity index (χ0) is 16.2. The normalized spacial score (nSPS) is 21.7. The lowest BCUT2D eigenvalue weighted by atomic mass is 9.75. The van der Waals surface area contributed by atoms with E-state index in [1.54, 1.807) is 17.1 Å². The summed E-state index contributed by atoms with van der Waals surface area (Å²) in [5.74, 6) is 0.329. The highest BCUT2D eigenvalue weighted by Gasteiger charge is 2.36. The molecular formula is C16H23N5O2. The van der Waals surface area contributed by atoms with Crippen LogP contribution in [0.25, 0.3) is 0 Å². The predicted molar refractivity (Wildman–Crippen MR) is 84.3 cm³/mol. The predicted octanol–water partition coefficient (Wildman–Crippen LogP) is 1.09. The van der Waals surface area contributed by atoms with Gasteiger partial charge in [-0.25, -0.2) is 0 Å². The van der Waals surface area contributed by atoms with Gasteiger partial charge in [0.1, 0.15) is 0 Å². The second kappa shape index (κ2) is 6.95. The van der Waals surface area contributed by atoms with Crippen LogP contribution < -0.4 is 5.32 Å². The van der Waals surface area contributed by atoms with Crippen LogP contribution in [0.5, 0.6) is 0 Å². The zero-order valence-electron chi connectivity index (χ0n) is 13.3. The Balaban J connectivity index is 1.54. The van der Waals surface area contributed by atoms with E-state index in [1.807, 2.05) is 19.4 Å². The minimum Gasteiger partial charge on any atom is -0.393 e. The number of amides is 1. The maximum absolute atomic E-state index is 12.3. The summed E-state index contributed by atoms with van der Waals surface area (Å²) in [6, 6.07) is -0.0616. The number of nitrogens with one attached hydrogen (secondary N) is 2. The molecule has 124 valence electrons. The first-order chi connectivity index (χ1) is 11.1. The molecule has 7 nitrogen and oxygen atoms in total. The smallest absolute Gasteiger partial charge is 0.220 e. The molecule has 2 aromatic rings. The van der Waals surface area contributed by atoms with Gasteiger partial charge >= 0.3 is 0 Å². The van der Waals surface area contributed by atoms with Crippen LogP contribution in [0.3, 0.4) is 0 Å². The quantitative estimate of drug-likeness (QED) is 0.712. The second-order valence-electron chi connectivity index (χ2n) is 6.34. The number of hydrogen-bond donors (Lipinski definition) is 3. The van der Waals surface area contributed by atoms with Gasteiger partial charge in [0.2, 0.25) is 5.91 Å². The zero-order valence-corrected chi connectivity index (χ0v) is 13.3. The number of rotatable bonds is 7. The highest BCUT2D eigenvalue weighted by molar-refractivity contribution is 5.76. The van der Waals surface area contributed by atoms with E-state index in [9.17, 15) is 9.90 Å². The molecule has 3 rings (SSSR count). The largest absolute Gasteiger partial charge is 0.393 e. The van der Waals surface area contributed by atoms with Gasteiger partial charge in [-0.05, 0) is 37.2 Å². The third-order valence-corrected chi connectivity index (χ3v) is 4.45. The van der Waals surface area contributed by atoms with Gasteiger partial charge in [0, 0.05) is 31.4 Å². The van der Waals surface area contributed by atoms with Gasteiger partial charge in [-0.15, -0.1) is 0 Å². The van der Waals surface area contributed by atoms with Crippen molar-refractivity contribution in [2.45, 2.75) is 44.2 Å². The number of aliphatic hydroxyl groups excluding tert-OH is 1. The molecule has 0 aromatic carbocycles. The number of H-pyrrole nitrogens is 1. The van der Waals surface area contributed by atoms with Crippen LogP contribution in [0.15, 0.2) is 24.8 Å². The van der Waals surface area contributed by atoms with Gasteiger partial charge in [-0.1, -0.05) is 0 Å². The maximum Gasteiger partial charge on any atom is 0.220 e. The number of nitrogens with zero attached hydrogens (tertiary/aromatic N) is 3. The number of aliphatic hydroxyl groups is 1. The number of carbonyl (C=O) groups excluding carboxylic acids is 1. The third kappa shape index (κ3) is 3.98. The topological polar surface area (TPSA) is 95.8 Å². The lowest BCUT2D eigenvalue weighted by molar-refractivity contribution is -0.123. The van der Waals surface area contributed by atoms with Crippen LogP contribution in [0.2, 0.25) is 0 Å². The molecule has 0 unspecified atom stereocenters. The molecule has 1 aliphatic rings. The van der Waals surface area contributed by atoms with Crippen LogP contribution in [-0.4, -0.2) is 37.1 Å². The first kappa shape index (κ1) is 15.7. The summed E-state index contributed by atoms with van der Waals surface area (Å²) in [6.45, 7) is 0. The highest BCUT2D eigenvalue weighted by Crippen LogP contribution is 2.38. The molecule has 7 heteroatoms. The average molecular weight is 317 g/mol. The molecule has 1 saturated carbocycles. The van der Waals surface area contributed by atoms with E-state index >= 15 is 0 Å². The minimum absolute atomic E-state index is 0.0451. The molecule has 3 N–H and O–H groups in total. The third-order valence-electron chi connectivity index (χ3n) is 4.45. The number of aryl methyl sites for hydroxylation is 2. The summed E-state index contributed by atoms with van der Waals surface area (Å²) in [5, 5.41) is 23.5. The summed E-state index contributed by atoms with van der Waals surface area (Å²) in [4.78, 5) is 12.3. The summed E-state index contributed by atoms with van der Waals surface area (Å²) >= 11 is 0. The Hall–Kier alpha value is -2.15. The van der Waals surface area contributed by atoms with Crippen molar-refractivity contribution in [2.24, 2.45) is 13.0 Å². The van der Waals surface area contributed by atoms with Crippen molar-refractivity contribution in [1.82, 2.24) is 25.3 Å². The molecule has 0 spiro atoms. The van der Waals surface area contributed by atoms with Crippen LogP contribution >= 0.6 is 0 Å². The molecule has 0 radical (unpaired) electrons. The molecule has 1 amide bonds. The summed E-state index contributed by atoms with van der Waals surface area (Å²) in [7, 11) is 1.86. The highest BCUT2D eigenvalue weighted by atomic mass is 16.3. The maximum atomic E-state index is 12.3. The van der Waals surface area contributed by atoms with Gasteiger partial charge in [0.15, 0.2) is 0 Å². The Morgan fingerprint density at radius 2 is 2.35 bits per heavy atom. The van der Waals surface area contributed by atoms with E-state index in [-0.39, 0.29) is 24.0 Å².